The van der Waals surface area contributed by atoms with E-state index >= 15 is 0 Å². The summed E-state index contributed by atoms with van der Waals surface area (Å²) in [5.41, 5.74) is 0. The van der Waals surface area contributed by atoms with E-state index in [1.165, 1.54) is 11.9 Å². The van der Waals surface area contributed by atoms with Crippen LogP contribution in [0.4, 0.5) is 4.79 Å². The number of carbonyl (C=O) groups excluding carboxylic acids is 2. The number of nitrogens with zero attached hydrogens (tertiary/aromatic N) is 2. The zero-order chi connectivity index (χ0) is 15.0. The van der Waals surface area contributed by atoms with Gasteiger partial charge in [0.1, 0.15) is 13.1 Å². The van der Waals surface area contributed by atoms with Crippen LogP contribution >= 0.6 is 0 Å². The van der Waals surface area contributed by atoms with E-state index in [4.69, 9.17) is 5.11 Å². The van der Waals surface area contributed by atoms with Crippen LogP contribution in [0.3, 0.4) is 0 Å². The van der Waals surface area contributed by atoms with Crippen molar-refractivity contribution < 1.29 is 19.5 Å². The molecule has 0 aliphatic carbocycles. The molecule has 0 aromatic carbocycles. The monoisotopic (exact) mass is 273 g/mol. The Hall–Kier alpha value is -1.79. The summed E-state index contributed by atoms with van der Waals surface area (Å²) in [6.07, 6.45) is 0. The molecule has 0 atom stereocenters. The highest BCUT2D eigenvalue weighted by atomic mass is 16.4. The predicted molar refractivity (Wildman–Crippen MR) is 70.8 cm³/mol. The molecule has 0 radical (unpaired) electrons. The van der Waals surface area contributed by atoms with Gasteiger partial charge in [-0.25, -0.2) is 4.79 Å². The molecule has 0 aliphatic heterocycles. The van der Waals surface area contributed by atoms with Crippen molar-refractivity contribution in [2.24, 2.45) is 5.92 Å². The summed E-state index contributed by atoms with van der Waals surface area (Å²) in [5.74, 6) is -0.993. The standard InChI is InChI=1S/C12H23N3O4/c1-5-15(8-11(17)18)12(19)14(4)7-10(16)13-6-9(2)3/h9H,5-8H2,1-4H3,(H,13,16)(H,17,18). The van der Waals surface area contributed by atoms with E-state index in [1.54, 1.807) is 6.92 Å². The molecule has 2 N–H and O–H groups in total. The maximum absolute atomic E-state index is 11.9. The zero-order valence-electron chi connectivity index (χ0n) is 12.0. The molecule has 0 bridgehead atoms. The summed E-state index contributed by atoms with van der Waals surface area (Å²) in [6.45, 7) is 6.01. The normalized spacial score (nSPS) is 10.2. The summed E-state index contributed by atoms with van der Waals surface area (Å²) >= 11 is 0. The van der Waals surface area contributed by atoms with Gasteiger partial charge in [-0.15, -0.1) is 0 Å². The summed E-state index contributed by atoms with van der Waals surface area (Å²) < 4.78 is 0. The van der Waals surface area contributed by atoms with Gasteiger partial charge < -0.3 is 20.2 Å². The molecule has 0 saturated carbocycles. The second kappa shape index (κ2) is 8.34. The first-order chi connectivity index (χ1) is 8.77. The van der Waals surface area contributed by atoms with Gasteiger partial charge in [-0.3, -0.25) is 9.59 Å². The van der Waals surface area contributed by atoms with Crippen molar-refractivity contribution in [1.29, 1.82) is 0 Å². The fourth-order valence-electron chi connectivity index (χ4n) is 1.38. The van der Waals surface area contributed by atoms with Crippen molar-refractivity contribution in [1.82, 2.24) is 15.1 Å². The Labute approximate surface area is 113 Å². The van der Waals surface area contributed by atoms with Crippen molar-refractivity contribution >= 4 is 17.9 Å². The quantitative estimate of drug-likeness (QED) is 0.694. The van der Waals surface area contributed by atoms with Crippen LogP contribution in [0.25, 0.3) is 0 Å². The van der Waals surface area contributed by atoms with Gasteiger partial charge in [0, 0.05) is 20.1 Å². The summed E-state index contributed by atoms with van der Waals surface area (Å²) in [6, 6.07) is -0.468. The van der Waals surface area contributed by atoms with E-state index in [2.05, 4.69) is 5.32 Å². The highest BCUT2D eigenvalue weighted by molar-refractivity contribution is 5.85. The van der Waals surface area contributed by atoms with Crippen molar-refractivity contribution in [3.8, 4) is 0 Å². The highest BCUT2D eigenvalue weighted by Crippen LogP contribution is 1.97. The topological polar surface area (TPSA) is 90.0 Å². The molecule has 7 heteroatoms. The predicted octanol–water partition coefficient (Wildman–Crippen LogP) is 0.217. The van der Waals surface area contributed by atoms with Gasteiger partial charge in [-0.1, -0.05) is 13.8 Å². The number of rotatable bonds is 7. The number of hydrogen-bond donors (Lipinski definition) is 2. The van der Waals surface area contributed by atoms with Gasteiger partial charge in [0.25, 0.3) is 0 Å². The Morgan fingerprint density at radius 2 is 1.79 bits per heavy atom. The average Bonchev–Trinajstić information content (AvgIpc) is 2.32. The molecule has 0 heterocycles. The van der Waals surface area contributed by atoms with Crippen LogP contribution in [0.5, 0.6) is 0 Å². The largest absolute Gasteiger partial charge is 0.480 e. The first-order valence-corrected chi connectivity index (χ1v) is 6.26. The number of nitrogens with one attached hydrogen (secondary N) is 1. The maximum atomic E-state index is 11.9. The molecule has 0 saturated heterocycles. The third-order valence-corrected chi connectivity index (χ3v) is 2.39. The van der Waals surface area contributed by atoms with Crippen LogP contribution in [0.2, 0.25) is 0 Å². The second-order valence-corrected chi connectivity index (χ2v) is 4.74. The SMILES string of the molecule is CCN(CC(=O)O)C(=O)N(C)CC(=O)NCC(C)C. The van der Waals surface area contributed by atoms with Crippen LogP contribution in [-0.4, -0.2) is 66.0 Å². The number of amides is 3. The van der Waals surface area contributed by atoms with Crippen molar-refractivity contribution in [3.05, 3.63) is 0 Å². The lowest BCUT2D eigenvalue weighted by molar-refractivity contribution is -0.137. The zero-order valence-corrected chi connectivity index (χ0v) is 12.0. The fourth-order valence-corrected chi connectivity index (χ4v) is 1.38. The van der Waals surface area contributed by atoms with Gasteiger partial charge in [0.15, 0.2) is 0 Å². The summed E-state index contributed by atoms with van der Waals surface area (Å²) in [7, 11) is 1.47. The third-order valence-electron chi connectivity index (χ3n) is 2.39. The Kier molecular flexibility index (Phi) is 7.55. The average molecular weight is 273 g/mol. The molecule has 0 aromatic rings. The van der Waals surface area contributed by atoms with Crippen LogP contribution in [0.15, 0.2) is 0 Å². The lowest BCUT2D eigenvalue weighted by atomic mass is 10.2. The molecule has 0 unspecified atom stereocenters. The lowest BCUT2D eigenvalue weighted by Gasteiger charge is -2.25. The molecule has 110 valence electrons. The van der Waals surface area contributed by atoms with Crippen LogP contribution in [0, 0.1) is 5.92 Å². The van der Waals surface area contributed by atoms with Gasteiger partial charge in [-0.05, 0) is 12.8 Å². The molecule has 0 rings (SSSR count). The number of urea groups is 1. The first-order valence-electron chi connectivity index (χ1n) is 6.26. The number of likely N-dealkylation sites (N-methyl/N-ethyl adjacent to an activating group) is 2. The maximum Gasteiger partial charge on any atom is 0.323 e. The van der Waals surface area contributed by atoms with E-state index in [0.29, 0.717) is 12.5 Å². The molecule has 7 nitrogen and oxygen atoms in total. The molecule has 0 fully saturated rings. The molecular weight excluding hydrogens is 250 g/mol. The molecule has 3 amide bonds. The van der Waals surface area contributed by atoms with E-state index < -0.39 is 12.0 Å². The number of aliphatic carboxylic acids is 1. The van der Waals surface area contributed by atoms with Crippen molar-refractivity contribution in [3.63, 3.8) is 0 Å². The van der Waals surface area contributed by atoms with Crippen molar-refractivity contribution in [2.75, 3.05) is 33.2 Å². The van der Waals surface area contributed by atoms with Gasteiger partial charge in [0.05, 0.1) is 0 Å². The van der Waals surface area contributed by atoms with Gasteiger partial charge >= 0.3 is 12.0 Å². The Balaban J connectivity index is 4.31. The molecule has 0 aliphatic rings. The van der Waals surface area contributed by atoms with E-state index in [1.807, 2.05) is 13.8 Å². The first kappa shape index (κ1) is 17.2. The molecule has 0 spiro atoms. The number of carboxylic acid groups (broad SMARTS) is 1. The molecular formula is C12H23N3O4. The minimum atomic E-state index is -1.08. The number of carbonyl (C=O) groups is 3. The number of carboxylic acids is 1. The van der Waals surface area contributed by atoms with Crippen LogP contribution in [0.1, 0.15) is 20.8 Å². The molecule has 19 heavy (non-hydrogen) atoms. The van der Waals surface area contributed by atoms with Gasteiger partial charge in [0.2, 0.25) is 5.91 Å². The minimum absolute atomic E-state index is 0.0817. The minimum Gasteiger partial charge on any atom is -0.480 e. The summed E-state index contributed by atoms with van der Waals surface area (Å²) in [5, 5.41) is 11.4. The third kappa shape index (κ3) is 7.28. The molecule has 0 aromatic heterocycles. The Bertz CT molecular complexity index is 331. The van der Waals surface area contributed by atoms with Gasteiger partial charge in [-0.2, -0.15) is 0 Å². The lowest BCUT2D eigenvalue weighted by Crippen LogP contribution is -2.47. The van der Waals surface area contributed by atoms with E-state index in [0.717, 1.165) is 4.90 Å². The Morgan fingerprint density at radius 3 is 2.21 bits per heavy atom. The second-order valence-electron chi connectivity index (χ2n) is 4.74. The van der Waals surface area contributed by atoms with Crippen LogP contribution in [-0.2, 0) is 9.59 Å². The van der Waals surface area contributed by atoms with Crippen molar-refractivity contribution in [2.45, 2.75) is 20.8 Å². The van der Waals surface area contributed by atoms with E-state index in [9.17, 15) is 14.4 Å². The Morgan fingerprint density at radius 1 is 1.21 bits per heavy atom. The van der Waals surface area contributed by atoms with E-state index in [-0.39, 0.29) is 25.5 Å². The van der Waals surface area contributed by atoms with Crippen LogP contribution < -0.4 is 5.32 Å². The highest BCUT2D eigenvalue weighted by Gasteiger charge is 2.20. The summed E-state index contributed by atoms with van der Waals surface area (Å²) in [4.78, 5) is 36.4. The fraction of sp³-hybridized carbons (Fsp3) is 0.750. The smallest absolute Gasteiger partial charge is 0.323 e. The number of hydrogen-bond acceptors (Lipinski definition) is 3.